The zero-order chi connectivity index (χ0) is 13.4. The minimum absolute atomic E-state index is 0.489. The first kappa shape index (κ1) is 11.7. The summed E-state index contributed by atoms with van der Waals surface area (Å²) in [5.74, 6) is 0.944. The molecule has 3 aromatic rings. The fourth-order valence-electron chi connectivity index (χ4n) is 2.94. The lowest BCUT2D eigenvalue weighted by Crippen LogP contribution is -2.35. The fraction of sp³-hybridized carbons (Fsp3) is 0.333. The molecule has 5 nitrogen and oxygen atoms in total. The molecule has 1 aliphatic heterocycles. The summed E-state index contributed by atoms with van der Waals surface area (Å²) < 4.78 is 0. The van der Waals surface area contributed by atoms with Gasteiger partial charge in [-0.05, 0) is 32.0 Å². The lowest BCUT2D eigenvalue weighted by atomic mass is 10.1. The molecule has 102 valence electrons. The molecule has 4 rings (SSSR count). The van der Waals surface area contributed by atoms with Crippen LogP contribution in [0.3, 0.4) is 0 Å². The number of benzene rings is 1. The molecule has 3 heterocycles. The van der Waals surface area contributed by atoms with Crippen LogP contribution in [0.5, 0.6) is 0 Å². The summed E-state index contributed by atoms with van der Waals surface area (Å²) >= 11 is 0. The largest absolute Gasteiger partial charge is 0.367 e. The van der Waals surface area contributed by atoms with E-state index in [2.05, 4.69) is 43.8 Å². The average molecular weight is 267 g/mol. The lowest BCUT2D eigenvalue weighted by Gasteiger charge is -2.24. The van der Waals surface area contributed by atoms with Gasteiger partial charge < -0.3 is 15.6 Å². The van der Waals surface area contributed by atoms with Crippen LogP contribution in [0.1, 0.15) is 12.8 Å². The summed E-state index contributed by atoms with van der Waals surface area (Å²) in [5, 5.41) is 9.25. The van der Waals surface area contributed by atoms with Gasteiger partial charge in [0.2, 0.25) is 0 Å². The van der Waals surface area contributed by atoms with Crippen LogP contribution in [-0.2, 0) is 0 Å². The Morgan fingerprint density at radius 1 is 1.10 bits per heavy atom. The summed E-state index contributed by atoms with van der Waals surface area (Å²) in [6, 6.07) is 8.77. The van der Waals surface area contributed by atoms with Gasteiger partial charge in [-0.25, -0.2) is 9.97 Å². The highest BCUT2D eigenvalue weighted by Crippen LogP contribution is 2.29. The molecule has 0 spiro atoms. The molecule has 1 saturated heterocycles. The topological polar surface area (TPSA) is 65.6 Å². The Morgan fingerprint density at radius 3 is 2.85 bits per heavy atom. The summed E-state index contributed by atoms with van der Waals surface area (Å²) in [4.78, 5) is 12.2. The van der Waals surface area contributed by atoms with Gasteiger partial charge in [0.25, 0.3) is 0 Å². The van der Waals surface area contributed by atoms with Crippen molar-refractivity contribution < 1.29 is 0 Å². The molecule has 0 unspecified atom stereocenters. The molecule has 3 N–H and O–H groups in total. The molecule has 1 aliphatic rings. The van der Waals surface area contributed by atoms with E-state index in [4.69, 9.17) is 0 Å². The number of hydrogen-bond acceptors (Lipinski definition) is 4. The Morgan fingerprint density at radius 2 is 1.95 bits per heavy atom. The number of H-pyrrole nitrogens is 1. The highest BCUT2D eigenvalue weighted by atomic mass is 15.1. The summed E-state index contributed by atoms with van der Waals surface area (Å²) in [7, 11) is 0. The van der Waals surface area contributed by atoms with Crippen LogP contribution in [-0.4, -0.2) is 34.1 Å². The van der Waals surface area contributed by atoms with Crippen LogP contribution in [0.25, 0.3) is 21.9 Å². The summed E-state index contributed by atoms with van der Waals surface area (Å²) in [6.07, 6.45) is 3.89. The second kappa shape index (κ2) is 4.76. The van der Waals surface area contributed by atoms with E-state index in [-0.39, 0.29) is 0 Å². The number of para-hydroxylation sites is 1. The molecule has 5 heteroatoms. The van der Waals surface area contributed by atoms with Gasteiger partial charge in [-0.3, -0.25) is 0 Å². The fourth-order valence-corrected chi connectivity index (χ4v) is 2.94. The Hall–Kier alpha value is -2.14. The summed E-state index contributed by atoms with van der Waals surface area (Å²) in [6.45, 7) is 2.14. The Kier molecular flexibility index (Phi) is 2.77. The standard InChI is InChI=1S/C15H17N5/c1-2-4-12-11(3-1)13-14(17-9-18-15(13)20-12)19-10-5-7-16-8-6-10/h1-4,9-10,16H,5-8H2,(H2,17,18,19,20). The monoisotopic (exact) mass is 267 g/mol. The average Bonchev–Trinajstić information content (AvgIpc) is 2.88. The number of anilines is 1. The maximum atomic E-state index is 4.46. The van der Waals surface area contributed by atoms with Crippen molar-refractivity contribution in [2.45, 2.75) is 18.9 Å². The molecule has 0 aliphatic carbocycles. The van der Waals surface area contributed by atoms with Crippen molar-refractivity contribution in [2.24, 2.45) is 0 Å². The molecule has 20 heavy (non-hydrogen) atoms. The van der Waals surface area contributed by atoms with Crippen molar-refractivity contribution in [1.82, 2.24) is 20.3 Å². The number of piperidine rings is 1. The number of nitrogens with one attached hydrogen (secondary N) is 3. The van der Waals surface area contributed by atoms with Crippen LogP contribution in [0.2, 0.25) is 0 Å². The van der Waals surface area contributed by atoms with E-state index in [0.29, 0.717) is 6.04 Å². The van der Waals surface area contributed by atoms with Gasteiger partial charge in [0.1, 0.15) is 17.8 Å². The predicted molar refractivity (Wildman–Crippen MR) is 80.9 cm³/mol. The van der Waals surface area contributed by atoms with E-state index in [1.165, 1.54) is 5.39 Å². The van der Waals surface area contributed by atoms with E-state index in [0.717, 1.165) is 48.3 Å². The zero-order valence-electron chi connectivity index (χ0n) is 11.2. The lowest BCUT2D eigenvalue weighted by molar-refractivity contribution is 0.478. The number of nitrogens with zero attached hydrogens (tertiary/aromatic N) is 2. The first-order valence-electron chi connectivity index (χ1n) is 7.10. The van der Waals surface area contributed by atoms with E-state index < -0.39 is 0 Å². The van der Waals surface area contributed by atoms with E-state index in [1.807, 2.05) is 6.07 Å². The first-order valence-corrected chi connectivity index (χ1v) is 7.10. The van der Waals surface area contributed by atoms with Crippen LogP contribution < -0.4 is 10.6 Å². The van der Waals surface area contributed by atoms with E-state index in [1.54, 1.807) is 6.33 Å². The molecule has 2 aromatic heterocycles. The molecule has 0 radical (unpaired) electrons. The minimum atomic E-state index is 0.489. The van der Waals surface area contributed by atoms with Crippen molar-refractivity contribution in [3.63, 3.8) is 0 Å². The quantitative estimate of drug-likeness (QED) is 0.666. The van der Waals surface area contributed by atoms with Gasteiger partial charge >= 0.3 is 0 Å². The molecule has 1 aromatic carbocycles. The third kappa shape index (κ3) is 1.91. The molecular weight excluding hydrogens is 250 g/mol. The third-order valence-corrected chi connectivity index (χ3v) is 3.98. The van der Waals surface area contributed by atoms with E-state index in [9.17, 15) is 0 Å². The molecule has 0 bridgehead atoms. The maximum absolute atomic E-state index is 4.46. The molecular formula is C15H17N5. The summed E-state index contributed by atoms with van der Waals surface area (Å²) in [5.41, 5.74) is 2.01. The second-order valence-electron chi connectivity index (χ2n) is 5.29. The second-order valence-corrected chi connectivity index (χ2v) is 5.29. The Bertz CT molecular complexity index is 742. The van der Waals surface area contributed by atoms with Crippen molar-refractivity contribution in [1.29, 1.82) is 0 Å². The van der Waals surface area contributed by atoms with Crippen LogP contribution in [0.4, 0.5) is 5.82 Å². The van der Waals surface area contributed by atoms with Crippen LogP contribution in [0, 0.1) is 0 Å². The predicted octanol–water partition coefficient (Wildman–Crippen LogP) is 2.27. The van der Waals surface area contributed by atoms with Crippen LogP contribution >= 0.6 is 0 Å². The third-order valence-electron chi connectivity index (χ3n) is 3.98. The number of fused-ring (bicyclic) bond motifs is 3. The van der Waals surface area contributed by atoms with Gasteiger partial charge in [0.05, 0.1) is 5.39 Å². The number of hydrogen-bond donors (Lipinski definition) is 3. The highest BCUT2D eigenvalue weighted by Gasteiger charge is 2.16. The Labute approximate surface area is 116 Å². The zero-order valence-corrected chi connectivity index (χ0v) is 11.2. The van der Waals surface area contributed by atoms with Gasteiger partial charge in [-0.2, -0.15) is 0 Å². The number of aromatic amines is 1. The van der Waals surface area contributed by atoms with Crippen LogP contribution in [0.15, 0.2) is 30.6 Å². The minimum Gasteiger partial charge on any atom is -0.367 e. The smallest absolute Gasteiger partial charge is 0.143 e. The molecule has 0 saturated carbocycles. The van der Waals surface area contributed by atoms with Gasteiger partial charge in [-0.15, -0.1) is 0 Å². The Balaban J connectivity index is 1.81. The number of rotatable bonds is 2. The molecule has 1 fully saturated rings. The number of aromatic nitrogens is 3. The van der Waals surface area contributed by atoms with Crippen molar-refractivity contribution in [3.05, 3.63) is 30.6 Å². The van der Waals surface area contributed by atoms with Gasteiger partial charge in [0.15, 0.2) is 0 Å². The highest BCUT2D eigenvalue weighted by molar-refractivity contribution is 6.10. The normalized spacial score (nSPS) is 16.8. The van der Waals surface area contributed by atoms with E-state index >= 15 is 0 Å². The van der Waals surface area contributed by atoms with Gasteiger partial charge in [-0.1, -0.05) is 18.2 Å². The van der Waals surface area contributed by atoms with Gasteiger partial charge in [0, 0.05) is 16.9 Å². The maximum Gasteiger partial charge on any atom is 0.143 e. The first-order chi connectivity index (χ1) is 9.92. The van der Waals surface area contributed by atoms with Crippen molar-refractivity contribution >= 4 is 27.8 Å². The molecule has 0 amide bonds. The van der Waals surface area contributed by atoms with Crippen molar-refractivity contribution in [2.75, 3.05) is 18.4 Å². The molecule has 0 atom stereocenters. The SMILES string of the molecule is c1ccc2c(c1)[nH]c1ncnc(NC3CCNCC3)c12. The van der Waals surface area contributed by atoms with Crippen molar-refractivity contribution in [3.8, 4) is 0 Å².